The second kappa shape index (κ2) is 8.49. The van der Waals surface area contributed by atoms with Gasteiger partial charge in [-0.3, -0.25) is 4.79 Å². The molecule has 1 unspecified atom stereocenters. The molecule has 2 heterocycles. The molecule has 1 aliphatic rings. The van der Waals surface area contributed by atoms with Gasteiger partial charge in [-0.2, -0.15) is 0 Å². The van der Waals surface area contributed by atoms with Gasteiger partial charge in [0.05, 0.1) is 0 Å². The van der Waals surface area contributed by atoms with Crippen LogP contribution in [0.5, 0.6) is 0 Å². The minimum atomic E-state index is -0.161. The van der Waals surface area contributed by atoms with Crippen molar-refractivity contribution >= 4 is 11.7 Å². The number of aryl methyl sites for hydroxylation is 3. The normalized spacial score (nSPS) is 17.5. The molecule has 0 saturated carbocycles. The molecule has 6 nitrogen and oxygen atoms in total. The summed E-state index contributed by atoms with van der Waals surface area (Å²) in [6, 6.07) is 7.35. The Labute approximate surface area is 174 Å². The Morgan fingerprint density at radius 3 is 2.55 bits per heavy atom. The van der Waals surface area contributed by atoms with Crippen molar-refractivity contribution in [2.75, 3.05) is 32.1 Å². The summed E-state index contributed by atoms with van der Waals surface area (Å²) in [7, 11) is 3.45. The van der Waals surface area contributed by atoms with Crippen LogP contribution in [0, 0.1) is 27.7 Å². The van der Waals surface area contributed by atoms with Crippen LogP contribution in [0.2, 0.25) is 0 Å². The average molecular weight is 396 g/mol. The standard InChI is InChI=1S/C23H33N5O/c1-14-8-9-19(12-15(14)2)18(5)24-20-10-11-28(13-20)22-16(3)17(4)25-21(26-22)23(29)27(6)7/h8-9,12,18,20,24H,10-11,13H2,1-7H3/t18?,20-/m1/s1. The van der Waals surface area contributed by atoms with Crippen LogP contribution in [0.25, 0.3) is 0 Å². The maximum Gasteiger partial charge on any atom is 0.291 e. The van der Waals surface area contributed by atoms with Gasteiger partial charge < -0.3 is 15.1 Å². The SMILES string of the molecule is Cc1ccc(C(C)N[C@@H]2CCN(c3nc(C(=O)N(C)C)nc(C)c3C)C2)cc1C. The summed E-state index contributed by atoms with van der Waals surface area (Å²) in [5, 5.41) is 3.77. The van der Waals surface area contributed by atoms with Crippen molar-refractivity contribution in [1.29, 1.82) is 0 Å². The van der Waals surface area contributed by atoms with Crippen molar-refractivity contribution in [3.8, 4) is 0 Å². The zero-order valence-electron chi connectivity index (χ0n) is 18.7. The third-order valence-corrected chi connectivity index (χ3v) is 5.97. The van der Waals surface area contributed by atoms with Gasteiger partial charge in [-0.05, 0) is 57.7 Å². The first-order chi connectivity index (χ1) is 13.7. The molecule has 3 rings (SSSR count). The molecular formula is C23H33N5O. The monoisotopic (exact) mass is 395 g/mol. The molecule has 1 saturated heterocycles. The van der Waals surface area contributed by atoms with Gasteiger partial charge in [0.1, 0.15) is 5.82 Å². The van der Waals surface area contributed by atoms with Crippen LogP contribution in [0.4, 0.5) is 5.82 Å². The quantitative estimate of drug-likeness (QED) is 0.841. The molecule has 1 fully saturated rings. The van der Waals surface area contributed by atoms with E-state index in [9.17, 15) is 4.79 Å². The summed E-state index contributed by atoms with van der Waals surface area (Å²) < 4.78 is 0. The van der Waals surface area contributed by atoms with Crippen LogP contribution in [-0.4, -0.2) is 54.0 Å². The molecule has 2 atom stereocenters. The molecular weight excluding hydrogens is 362 g/mol. The van der Waals surface area contributed by atoms with E-state index in [-0.39, 0.29) is 11.7 Å². The van der Waals surface area contributed by atoms with Crippen molar-refractivity contribution in [2.45, 2.75) is 53.1 Å². The Kier molecular flexibility index (Phi) is 6.22. The molecule has 6 heteroatoms. The third-order valence-electron chi connectivity index (χ3n) is 5.97. The minimum Gasteiger partial charge on any atom is -0.355 e. The highest BCUT2D eigenvalue weighted by Crippen LogP contribution is 2.26. The van der Waals surface area contributed by atoms with E-state index in [0.717, 1.165) is 36.6 Å². The Morgan fingerprint density at radius 2 is 1.90 bits per heavy atom. The molecule has 1 N–H and O–H groups in total. The first-order valence-electron chi connectivity index (χ1n) is 10.3. The average Bonchev–Trinajstić information content (AvgIpc) is 3.13. The summed E-state index contributed by atoms with van der Waals surface area (Å²) in [4.78, 5) is 25.2. The molecule has 1 aromatic carbocycles. The summed E-state index contributed by atoms with van der Waals surface area (Å²) in [5.41, 5.74) is 5.88. The zero-order valence-corrected chi connectivity index (χ0v) is 18.7. The number of nitrogens with zero attached hydrogens (tertiary/aromatic N) is 4. The fraction of sp³-hybridized carbons (Fsp3) is 0.522. The van der Waals surface area contributed by atoms with Crippen molar-refractivity contribution in [2.24, 2.45) is 0 Å². The number of benzene rings is 1. The molecule has 1 aliphatic heterocycles. The molecule has 29 heavy (non-hydrogen) atoms. The second-order valence-electron chi connectivity index (χ2n) is 8.44. The molecule has 2 aromatic rings. The zero-order chi connectivity index (χ0) is 21.3. The van der Waals surface area contributed by atoms with Crippen molar-refractivity contribution in [1.82, 2.24) is 20.2 Å². The number of carbonyl (C=O) groups excluding carboxylic acids is 1. The van der Waals surface area contributed by atoms with E-state index in [1.165, 1.54) is 21.6 Å². The van der Waals surface area contributed by atoms with E-state index < -0.39 is 0 Å². The number of hydrogen-bond donors (Lipinski definition) is 1. The highest BCUT2D eigenvalue weighted by Gasteiger charge is 2.27. The first-order valence-corrected chi connectivity index (χ1v) is 10.3. The van der Waals surface area contributed by atoms with Crippen LogP contribution in [0.3, 0.4) is 0 Å². The number of anilines is 1. The minimum absolute atomic E-state index is 0.161. The van der Waals surface area contributed by atoms with Crippen LogP contribution < -0.4 is 10.2 Å². The van der Waals surface area contributed by atoms with Crippen LogP contribution in [-0.2, 0) is 0 Å². The fourth-order valence-corrected chi connectivity index (χ4v) is 3.79. The van der Waals surface area contributed by atoms with Gasteiger partial charge in [-0.1, -0.05) is 18.2 Å². The maximum atomic E-state index is 12.4. The van der Waals surface area contributed by atoms with Crippen molar-refractivity contribution in [3.05, 3.63) is 52.0 Å². The molecule has 1 amide bonds. The van der Waals surface area contributed by atoms with Gasteiger partial charge in [0.2, 0.25) is 5.82 Å². The van der Waals surface area contributed by atoms with Gasteiger partial charge in [-0.25, -0.2) is 9.97 Å². The van der Waals surface area contributed by atoms with Gasteiger partial charge in [0, 0.05) is 50.5 Å². The lowest BCUT2D eigenvalue weighted by atomic mass is 10.0. The van der Waals surface area contributed by atoms with Gasteiger partial charge >= 0.3 is 0 Å². The van der Waals surface area contributed by atoms with E-state index in [1.54, 1.807) is 14.1 Å². The number of nitrogens with one attached hydrogen (secondary N) is 1. The first kappa shape index (κ1) is 21.2. The highest BCUT2D eigenvalue weighted by atomic mass is 16.2. The second-order valence-corrected chi connectivity index (χ2v) is 8.44. The third kappa shape index (κ3) is 4.58. The highest BCUT2D eigenvalue weighted by molar-refractivity contribution is 5.90. The summed E-state index contributed by atoms with van der Waals surface area (Å²) in [6.45, 7) is 12.3. The van der Waals surface area contributed by atoms with Crippen molar-refractivity contribution < 1.29 is 4.79 Å². The van der Waals surface area contributed by atoms with Crippen LogP contribution in [0.15, 0.2) is 18.2 Å². The van der Waals surface area contributed by atoms with Crippen LogP contribution in [0.1, 0.15) is 58.0 Å². The molecule has 0 bridgehead atoms. The number of carbonyl (C=O) groups is 1. The predicted molar refractivity (Wildman–Crippen MR) is 118 cm³/mol. The van der Waals surface area contributed by atoms with E-state index >= 15 is 0 Å². The van der Waals surface area contributed by atoms with E-state index in [2.05, 4.69) is 59.2 Å². The molecule has 1 aromatic heterocycles. The number of amides is 1. The largest absolute Gasteiger partial charge is 0.355 e. The lowest BCUT2D eigenvalue weighted by molar-refractivity contribution is 0.0815. The summed E-state index contributed by atoms with van der Waals surface area (Å²) in [6.07, 6.45) is 1.05. The van der Waals surface area contributed by atoms with E-state index in [1.807, 2.05) is 13.8 Å². The molecule has 0 radical (unpaired) electrons. The topological polar surface area (TPSA) is 61.4 Å². The predicted octanol–water partition coefficient (Wildman–Crippen LogP) is 3.34. The van der Waals surface area contributed by atoms with Gasteiger partial charge in [0.15, 0.2) is 0 Å². The van der Waals surface area contributed by atoms with E-state index in [4.69, 9.17) is 0 Å². The Hall–Kier alpha value is -2.47. The summed E-state index contributed by atoms with van der Waals surface area (Å²) >= 11 is 0. The lowest BCUT2D eigenvalue weighted by Crippen LogP contribution is -2.35. The Bertz CT molecular complexity index is 908. The molecule has 156 valence electrons. The molecule has 0 aliphatic carbocycles. The summed E-state index contributed by atoms with van der Waals surface area (Å²) in [5.74, 6) is 0.991. The fourth-order valence-electron chi connectivity index (χ4n) is 3.79. The van der Waals surface area contributed by atoms with Crippen LogP contribution >= 0.6 is 0 Å². The molecule has 0 spiro atoms. The lowest BCUT2D eigenvalue weighted by Gasteiger charge is -2.23. The Balaban J connectivity index is 1.73. The number of aromatic nitrogens is 2. The maximum absolute atomic E-state index is 12.4. The van der Waals surface area contributed by atoms with Gasteiger partial charge in [0.25, 0.3) is 5.91 Å². The number of hydrogen-bond acceptors (Lipinski definition) is 5. The smallest absolute Gasteiger partial charge is 0.291 e. The Morgan fingerprint density at radius 1 is 1.17 bits per heavy atom. The van der Waals surface area contributed by atoms with E-state index in [0.29, 0.717) is 12.1 Å². The van der Waals surface area contributed by atoms with Gasteiger partial charge in [-0.15, -0.1) is 0 Å². The number of rotatable bonds is 5. The van der Waals surface area contributed by atoms with Crippen molar-refractivity contribution in [3.63, 3.8) is 0 Å².